The first-order chi connectivity index (χ1) is 9.08. The SMILES string of the molecule is Cc1ccc(NC(=O)N2CCCCC2)cc1N(C)C. The topological polar surface area (TPSA) is 35.6 Å². The van der Waals surface area contributed by atoms with Gasteiger partial charge in [0.05, 0.1) is 0 Å². The predicted molar refractivity (Wildman–Crippen MR) is 79.9 cm³/mol. The number of hydrogen-bond donors (Lipinski definition) is 1. The number of anilines is 2. The molecule has 1 aliphatic rings. The molecule has 1 saturated heterocycles. The molecule has 1 aliphatic heterocycles. The molecule has 0 aliphatic carbocycles. The molecule has 1 heterocycles. The molecule has 1 N–H and O–H groups in total. The van der Waals surface area contributed by atoms with Gasteiger partial charge in [-0.15, -0.1) is 0 Å². The zero-order chi connectivity index (χ0) is 13.8. The lowest BCUT2D eigenvalue weighted by Crippen LogP contribution is -2.38. The molecule has 0 aromatic heterocycles. The van der Waals surface area contributed by atoms with Gasteiger partial charge >= 0.3 is 6.03 Å². The molecule has 1 fully saturated rings. The van der Waals surface area contributed by atoms with Gasteiger partial charge in [0.2, 0.25) is 0 Å². The fourth-order valence-electron chi connectivity index (χ4n) is 2.47. The third kappa shape index (κ3) is 3.40. The third-order valence-corrected chi connectivity index (χ3v) is 3.59. The van der Waals surface area contributed by atoms with Crippen molar-refractivity contribution in [2.24, 2.45) is 0 Å². The lowest BCUT2D eigenvalue weighted by atomic mass is 10.1. The van der Waals surface area contributed by atoms with Crippen molar-refractivity contribution >= 4 is 17.4 Å². The van der Waals surface area contributed by atoms with E-state index < -0.39 is 0 Å². The summed E-state index contributed by atoms with van der Waals surface area (Å²) in [6.07, 6.45) is 3.47. The number of piperidine rings is 1. The lowest BCUT2D eigenvalue weighted by molar-refractivity contribution is 0.200. The van der Waals surface area contributed by atoms with Crippen LogP contribution in [0.5, 0.6) is 0 Å². The first-order valence-electron chi connectivity index (χ1n) is 6.92. The number of nitrogens with one attached hydrogen (secondary N) is 1. The van der Waals surface area contributed by atoms with E-state index in [0.29, 0.717) is 0 Å². The van der Waals surface area contributed by atoms with Crippen LogP contribution in [-0.4, -0.2) is 38.1 Å². The summed E-state index contributed by atoms with van der Waals surface area (Å²) in [5, 5.41) is 2.99. The van der Waals surface area contributed by atoms with Gasteiger partial charge in [0.1, 0.15) is 0 Å². The van der Waals surface area contributed by atoms with Gasteiger partial charge in [0.25, 0.3) is 0 Å². The molecule has 2 rings (SSSR count). The number of likely N-dealkylation sites (tertiary alicyclic amines) is 1. The molecule has 0 atom stereocenters. The minimum absolute atomic E-state index is 0.0215. The maximum atomic E-state index is 12.1. The van der Waals surface area contributed by atoms with Crippen LogP contribution in [0.4, 0.5) is 16.2 Å². The van der Waals surface area contributed by atoms with Crippen molar-refractivity contribution in [1.29, 1.82) is 0 Å². The Labute approximate surface area is 115 Å². The largest absolute Gasteiger partial charge is 0.377 e. The Balaban J connectivity index is 2.06. The number of nitrogens with zero attached hydrogens (tertiary/aromatic N) is 2. The zero-order valence-electron chi connectivity index (χ0n) is 12.1. The van der Waals surface area contributed by atoms with Gasteiger partial charge in [0.15, 0.2) is 0 Å². The van der Waals surface area contributed by atoms with Crippen LogP contribution < -0.4 is 10.2 Å². The van der Waals surface area contributed by atoms with Crippen LogP contribution in [0.25, 0.3) is 0 Å². The van der Waals surface area contributed by atoms with Crippen LogP contribution in [0.2, 0.25) is 0 Å². The summed E-state index contributed by atoms with van der Waals surface area (Å²) in [7, 11) is 4.02. The van der Waals surface area contributed by atoms with Crippen molar-refractivity contribution < 1.29 is 4.79 Å². The van der Waals surface area contributed by atoms with E-state index in [9.17, 15) is 4.79 Å². The molecule has 4 heteroatoms. The van der Waals surface area contributed by atoms with E-state index in [-0.39, 0.29) is 6.03 Å². The number of carbonyl (C=O) groups excluding carboxylic acids is 1. The van der Waals surface area contributed by atoms with Crippen LogP contribution in [0.15, 0.2) is 18.2 Å². The van der Waals surface area contributed by atoms with E-state index >= 15 is 0 Å². The van der Waals surface area contributed by atoms with Gasteiger partial charge in [0, 0.05) is 38.6 Å². The van der Waals surface area contributed by atoms with Gasteiger partial charge in [-0.25, -0.2) is 4.79 Å². The zero-order valence-corrected chi connectivity index (χ0v) is 12.1. The fraction of sp³-hybridized carbons (Fsp3) is 0.533. The minimum atomic E-state index is 0.0215. The number of carbonyl (C=O) groups is 1. The number of amides is 2. The Kier molecular flexibility index (Phi) is 4.30. The molecule has 1 aromatic rings. The van der Waals surface area contributed by atoms with Crippen LogP contribution in [0, 0.1) is 6.92 Å². The molecule has 0 saturated carbocycles. The van der Waals surface area contributed by atoms with Crippen molar-refractivity contribution in [2.45, 2.75) is 26.2 Å². The third-order valence-electron chi connectivity index (χ3n) is 3.59. The summed E-state index contributed by atoms with van der Waals surface area (Å²) < 4.78 is 0. The van der Waals surface area contributed by atoms with E-state index in [0.717, 1.165) is 37.3 Å². The molecule has 0 bridgehead atoms. The Hall–Kier alpha value is -1.71. The van der Waals surface area contributed by atoms with Gasteiger partial charge in [-0.2, -0.15) is 0 Å². The van der Waals surface area contributed by atoms with Crippen molar-refractivity contribution in [3.05, 3.63) is 23.8 Å². The Morgan fingerprint density at radius 2 is 1.89 bits per heavy atom. The molecule has 1 aromatic carbocycles. The van der Waals surface area contributed by atoms with E-state index in [4.69, 9.17) is 0 Å². The maximum Gasteiger partial charge on any atom is 0.321 e. The number of hydrogen-bond acceptors (Lipinski definition) is 2. The number of aryl methyl sites for hydroxylation is 1. The summed E-state index contributed by atoms with van der Waals surface area (Å²) in [4.78, 5) is 16.1. The minimum Gasteiger partial charge on any atom is -0.377 e. The van der Waals surface area contributed by atoms with Crippen LogP contribution in [0.3, 0.4) is 0 Å². The number of urea groups is 1. The molecule has 0 spiro atoms. The first-order valence-corrected chi connectivity index (χ1v) is 6.92. The highest BCUT2D eigenvalue weighted by molar-refractivity contribution is 5.90. The Bertz CT molecular complexity index is 451. The van der Waals surface area contributed by atoms with Crippen LogP contribution >= 0.6 is 0 Å². The lowest BCUT2D eigenvalue weighted by Gasteiger charge is -2.27. The van der Waals surface area contributed by atoms with Crippen LogP contribution in [0.1, 0.15) is 24.8 Å². The van der Waals surface area contributed by atoms with Crippen molar-refractivity contribution in [2.75, 3.05) is 37.4 Å². The number of rotatable bonds is 2. The van der Waals surface area contributed by atoms with E-state index in [1.54, 1.807) is 0 Å². The summed E-state index contributed by atoms with van der Waals surface area (Å²) in [5.41, 5.74) is 3.21. The molecule has 19 heavy (non-hydrogen) atoms. The molecule has 0 unspecified atom stereocenters. The molecule has 0 radical (unpaired) electrons. The highest BCUT2D eigenvalue weighted by Gasteiger charge is 2.16. The quantitative estimate of drug-likeness (QED) is 0.888. The smallest absolute Gasteiger partial charge is 0.321 e. The summed E-state index contributed by atoms with van der Waals surface area (Å²) in [6, 6.07) is 6.05. The normalized spacial score (nSPS) is 15.2. The van der Waals surface area contributed by atoms with Crippen LogP contribution in [-0.2, 0) is 0 Å². The highest BCUT2D eigenvalue weighted by Crippen LogP contribution is 2.23. The molecule has 4 nitrogen and oxygen atoms in total. The second-order valence-electron chi connectivity index (χ2n) is 5.37. The van der Waals surface area contributed by atoms with E-state index in [1.807, 2.05) is 37.2 Å². The Morgan fingerprint density at radius 1 is 1.21 bits per heavy atom. The highest BCUT2D eigenvalue weighted by atomic mass is 16.2. The predicted octanol–water partition coefficient (Wildman–Crippen LogP) is 3.08. The van der Waals surface area contributed by atoms with Gasteiger partial charge < -0.3 is 15.1 Å². The molecule has 2 amide bonds. The second-order valence-corrected chi connectivity index (χ2v) is 5.37. The maximum absolute atomic E-state index is 12.1. The summed E-state index contributed by atoms with van der Waals surface area (Å²) >= 11 is 0. The van der Waals surface area contributed by atoms with E-state index in [2.05, 4.69) is 17.1 Å². The average molecular weight is 261 g/mol. The standard InChI is InChI=1S/C15H23N3O/c1-12-7-8-13(11-14(12)17(2)3)16-15(19)18-9-5-4-6-10-18/h7-8,11H,4-6,9-10H2,1-3H3,(H,16,19). The number of benzene rings is 1. The second kappa shape index (κ2) is 5.95. The molecule has 104 valence electrons. The van der Waals surface area contributed by atoms with Gasteiger partial charge in [-0.3, -0.25) is 0 Å². The van der Waals surface area contributed by atoms with Gasteiger partial charge in [-0.05, 0) is 43.9 Å². The van der Waals surface area contributed by atoms with Gasteiger partial charge in [-0.1, -0.05) is 6.07 Å². The fourth-order valence-corrected chi connectivity index (χ4v) is 2.47. The Morgan fingerprint density at radius 3 is 2.53 bits per heavy atom. The van der Waals surface area contributed by atoms with Crippen molar-refractivity contribution in [3.63, 3.8) is 0 Å². The summed E-state index contributed by atoms with van der Waals surface area (Å²) in [5.74, 6) is 0. The monoisotopic (exact) mass is 261 g/mol. The van der Waals surface area contributed by atoms with Crippen molar-refractivity contribution in [3.8, 4) is 0 Å². The van der Waals surface area contributed by atoms with E-state index in [1.165, 1.54) is 12.0 Å². The molecular formula is C15H23N3O. The first kappa shape index (κ1) is 13.7. The van der Waals surface area contributed by atoms with Crippen molar-refractivity contribution in [1.82, 2.24) is 4.90 Å². The summed E-state index contributed by atoms with van der Waals surface area (Å²) in [6.45, 7) is 3.82. The molecular weight excluding hydrogens is 238 g/mol. The average Bonchev–Trinajstić information content (AvgIpc) is 2.41.